The van der Waals surface area contributed by atoms with E-state index in [1.807, 2.05) is 0 Å². The van der Waals surface area contributed by atoms with Crippen molar-refractivity contribution in [3.05, 3.63) is 58.1 Å². The lowest BCUT2D eigenvalue weighted by Crippen LogP contribution is -2.15. The van der Waals surface area contributed by atoms with Crippen LogP contribution in [0.2, 0.25) is 0 Å². The zero-order chi connectivity index (χ0) is 17.2. The Labute approximate surface area is 141 Å². The average Bonchev–Trinajstić information content (AvgIpc) is 2.48. The maximum atomic E-state index is 12.2. The first-order valence-corrected chi connectivity index (χ1v) is 9.01. The smallest absolute Gasteiger partial charge is 0.337 e. The predicted molar refractivity (Wildman–Crippen MR) is 88.6 cm³/mol. The monoisotopic (exact) mass is 397 g/mol. The van der Waals surface area contributed by atoms with Crippen molar-refractivity contribution in [3.63, 3.8) is 0 Å². The number of benzene rings is 2. The summed E-state index contributed by atoms with van der Waals surface area (Å²) in [5.74, 6) is -1.70. The second-order valence-corrected chi connectivity index (χ2v) is 7.68. The van der Waals surface area contributed by atoms with Crippen molar-refractivity contribution < 1.29 is 23.1 Å². The molecule has 0 heterocycles. The summed E-state index contributed by atoms with van der Waals surface area (Å²) in [6, 6.07) is 9.83. The van der Waals surface area contributed by atoms with Crippen molar-refractivity contribution in [1.29, 1.82) is 0 Å². The Balaban J connectivity index is 2.28. The number of nitrogens with one attached hydrogen (secondary N) is 1. The Morgan fingerprint density at radius 1 is 1.09 bits per heavy atom. The normalized spacial score (nSPS) is 11.0. The van der Waals surface area contributed by atoms with E-state index in [0.29, 0.717) is 4.47 Å². The maximum absolute atomic E-state index is 12.2. The summed E-state index contributed by atoms with van der Waals surface area (Å²) in [6.07, 6.45) is 1.07. The molecule has 0 aromatic heterocycles. The lowest BCUT2D eigenvalue weighted by molar-refractivity contribution is 0.0698. The number of halogens is 1. The van der Waals surface area contributed by atoms with Crippen LogP contribution in [0.1, 0.15) is 20.7 Å². The number of rotatable bonds is 4. The topological polar surface area (TPSA) is 101 Å². The molecule has 0 aliphatic rings. The fourth-order valence-corrected chi connectivity index (χ4v) is 2.84. The van der Waals surface area contributed by atoms with Gasteiger partial charge >= 0.3 is 5.97 Å². The Hall–Kier alpha value is -2.19. The molecule has 0 saturated carbocycles. The minimum Gasteiger partial charge on any atom is -0.478 e. The van der Waals surface area contributed by atoms with Crippen LogP contribution < -0.4 is 5.32 Å². The number of hydrogen-bond donors (Lipinski definition) is 2. The molecule has 23 heavy (non-hydrogen) atoms. The van der Waals surface area contributed by atoms with Gasteiger partial charge < -0.3 is 10.4 Å². The van der Waals surface area contributed by atoms with Gasteiger partial charge in [0.25, 0.3) is 5.91 Å². The SMILES string of the molecule is CS(=O)(=O)c1ccc(C(=O)Nc2ccc(Br)cc2C(=O)O)cc1. The van der Waals surface area contributed by atoms with E-state index in [1.165, 1.54) is 36.4 Å². The van der Waals surface area contributed by atoms with Gasteiger partial charge in [-0.25, -0.2) is 13.2 Å². The zero-order valence-electron chi connectivity index (χ0n) is 11.9. The van der Waals surface area contributed by atoms with Gasteiger partial charge in [-0.3, -0.25) is 4.79 Å². The van der Waals surface area contributed by atoms with Crippen LogP contribution in [0.15, 0.2) is 51.8 Å². The number of amides is 1. The molecule has 1 amide bonds. The molecule has 0 atom stereocenters. The Bertz CT molecular complexity index is 875. The van der Waals surface area contributed by atoms with E-state index >= 15 is 0 Å². The highest BCUT2D eigenvalue weighted by Crippen LogP contribution is 2.22. The Kier molecular flexibility index (Phi) is 4.86. The van der Waals surface area contributed by atoms with Crippen molar-refractivity contribution >= 4 is 43.3 Å². The van der Waals surface area contributed by atoms with E-state index < -0.39 is 21.7 Å². The van der Waals surface area contributed by atoms with Crippen LogP contribution in [-0.4, -0.2) is 31.7 Å². The van der Waals surface area contributed by atoms with E-state index in [4.69, 9.17) is 5.11 Å². The van der Waals surface area contributed by atoms with E-state index in [9.17, 15) is 18.0 Å². The van der Waals surface area contributed by atoms with Crippen LogP contribution in [0.5, 0.6) is 0 Å². The quantitative estimate of drug-likeness (QED) is 0.825. The lowest BCUT2D eigenvalue weighted by Gasteiger charge is -2.09. The molecule has 0 fully saturated rings. The first-order valence-electron chi connectivity index (χ1n) is 6.33. The van der Waals surface area contributed by atoms with Gasteiger partial charge in [0.1, 0.15) is 0 Å². The zero-order valence-corrected chi connectivity index (χ0v) is 14.3. The number of carbonyl (C=O) groups excluding carboxylic acids is 1. The van der Waals surface area contributed by atoms with Gasteiger partial charge in [-0.15, -0.1) is 0 Å². The van der Waals surface area contributed by atoms with E-state index in [1.54, 1.807) is 6.07 Å². The van der Waals surface area contributed by atoms with Crippen LogP contribution in [0, 0.1) is 0 Å². The highest BCUT2D eigenvalue weighted by atomic mass is 79.9. The van der Waals surface area contributed by atoms with Gasteiger partial charge in [-0.2, -0.15) is 0 Å². The van der Waals surface area contributed by atoms with Gasteiger partial charge in [0.05, 0.1) is 16.1 Å². The molecular weight excluding hydrogens is 386 g/mol. The molecule has 0 unspecified atom stereocenters. The molecule has 0 aliphatic heterocycles. The fourth-order valence-electron chi connectivity index (χ4n) is 1.85. The minimum atomic E-state index is -3.34. The van der Waals surface area contributed by atoms with Gasteiger partial charge in [-0.05, 0) is 42.5 Å². The van der Waals surface area contributed by atoms with E-state index in [2.05, 4.69) is 21.2 Å². The summed E-state index contributed by atoms with van der Waals surface area (Å²) in [7, 11) is -3.34. The lowest BCUT2D eigenvalue weighted by atomic mass is 10.1. The van der Waals surface area contributed by atoms with Gasteiger partial charge in [-0.1, -0.05) is 15.9 Å². The first kappa shape index (κ1) is 17.2. The summed E-state index contributed by atoms with van der Waals surface area (Å²) < 4.78 is 23.3. The number of hydrogen-bond acceptors (Lipinski definition) is 4. The molecule has 0 aliphatic carbocycles. The number of carboxylic acids is 1. The molecule has 0 saturated heterocycles. The fraction of sp³-hybridized carbons (Fsp3) is 0.0667. The van der Waals surface area contributed by atoms with Crippen LogP contribution >= 0.6 is 15.9 Å². The summed E-state index contributed by atoms with van der Waals surface area (Å²) >= 11 is 3.17. The standard InChI is InChI=1S/C15H12BrNO5S/c1-23(21,22)11-5-2-9(3-6-11)14(18)17-13-7-4-10(16)8-12(13)15(19)20/h2-8H,1H3,(H,17,18)(H,19,20). The van der Waals surface area contributed by atoms with Crippen LogP contribution in [-0.2, 0) is 9.84 Å². The average molecular weight is 398 g/mol. The minimum absolute atomic E-state index is 0.0551. The Morgan fingerprint density at radius 3 is 2.22 bits per heavy atom. The molecule has 0 radical (unpaired) electrons. The highest BCUT2D eigenvalue weighted by molar-refractivity contribution is 9.10. The molecule has 2 aromatic rings. The predicted octanol–water partition coefficient (Wildman–Crippen LogP) is 2.80. The number of carboxylic acid groups (broad SMARTS) is 1. The number of aromatic carboxylic acids is 1. The first-order chi connectivity index (χ1) is 10.7. The van der Waals surface area contributed by atoms with Crippen molar-refractivity contribution in [2.75, 3.05) is 11.6 Å². The molecular formula is C15H12BrNO5S. The molecule has 2 N–H and O–H groups in total. The van der Waals surface area contributed by atoms with Gasteiger partial charge in [0.2, 0.25) is 0 Å². The van der Waals surface area contributed by atoms with Crippen molar-refractivity contribution in [2.45, 2.75) is 4.90 Å². The number of sulfone groups is 1. The summed E-state index contributed by atoms with van der Waals surface area (Å²) in [5.41, 5.74) is 0.315. The Morgan fingerprint density at radius 2 is 1.70 bits per heavy atom. The summed E-state index contributed by atoms with van der Waals surface area (Å²) in [6.45, 7) is 0. The second-order valence-electron chi connectivity index (χ2n) is 4.75. The van der Waals surface area contributed by atoms with Crippen molar-refractivity contribution in [1.82, 2.24) is 0 Å². The summed E-state index contributed by atoms with van der Waals surface area (Å²) in [4.78, 5) is 23.5. The molecule has 0 bridgehead atoms. The van der Waals surface area contributed by atoms with Crippen LogP contribution in [0.25, 0.3) is 0 Å². The number of anilines is 1. The van der Waals surface area contributed by atoms with Crippen molar-refractivity contribution in [2.24, 2.45) is 0 Å². The van der Waals surface area contributed by atoms with Crippen molar-refractivity contribution in [3.8, 4) is 0 Å². The third-order valence-corrected chi connectivity index (χ3v) is 4.63. The summed E-state index contributed by atoms with van der Waals surface area (Å²) in [5, 5.41) is 11.7. The largest absolute Gasteiger partial charge is 0.478 e. The van der Waals surface area contributed by atoms with Crippen LogP contribution in [0.3, 0.4) is 0 Å². The van der Waals surface area contributed by atoms with Gasteiger partial charge in [0.15, 0.2) is 9.84 Å². The molecule has 0 spiro atoms. The van der Waals surface area contributed by atoms with E-state index in [0.717, 1.165) is 6.26 Å². The highest BCUT2D eigenvalue weighted by Gasteiger charge is 2.15. The van der Waals surface area contributed by atoms with Gasteiger partial charge in [0, 0.05) is 16.3 Å². The second kappa shape index (κ2) is 6.51. The number of carbonyl (C=O) groups is 2. The third kappa shape index (κ3) is 4.17. The molecule has 2 aromatic carbocycles. The molecule has 120 valence electrons. The maximum Gasteiger partial charge on any atom is 0.337 e. The third-order valence-electron chi connectivity index (χ3n) is 3.00. The van der Waals surface area contributed by atoms with Crippen LogP contribution in [0.4, 0.5) is 5.69 Å². The van der Waals surface area contributed by atoms with E-state index in [-0.39, 0.29) is 21.7 Å². The molecule has 2 rings (SSSR count). The molecule has 6 nitrogen and oxygen atoms in total. The molecule has 8 heteroatoms.